The van der Waals surface area contributed by atoms with Crippen LogP contribution in [-0.4, -0.2) is 15.8 Å². The zero-order chi connectivity index (χ0) is 39.2. The maximum absolute atomic E-state index is 12.9. The standard InChI is InChI=1S/C22H16N2O3.C21H13F3N2O3/c1-14-7-12-18-19(13-14)24-22(27-21(18)26)23-17-10-8-16(9-11-17)20(25)15-5-3-2-4-6-15;22-21(23,24)13-6-11-17-18(12-13)26-20(29-19(17)27)25-14-7-9-16(10-8-14)28-15-4-2-1-3-5-15/h2-13H,1H3,(H,23,24);1-12H,(H,25,26). The molecule has 0 saturated carbocycles. The smallest absolute Gasteiger partial charge is 0.416 e. The summed E-state index contributed by atoms with van der Waals surface area (Å²) in [5.74, 6) is 1.22. The van der Waals surface area contributed by atoms with Gasteiger partial charge in [0.1, 0.15) is 11.5 Å². The van der Waals surface area contributed by atoms with Gasteiger partial charge < -0.3 is 24.2 Å². The molecule has 8 rings (SSSR count). The molecule has 6 aromatic carbocycles. The van der Waals surface area contributed by atoms with E-state index < -0.39 is 23.0 Å². The summed E-state index contributed by atoms with van der Waals surface area (Å²) in [7, 11) is 0. The second kappa shape index (κ2) is 15.8. The fourth-order valence-corrected chi connectivity index (χ4v) is 5.48. The van der Waals surface area contributed by atoms with E-state index in [0.717, 1.165) is 23.8 Å². The van der Waals surface area contributed by atoms with Crippen molar-refractivity contribution in [3.8, 4) is 11.5 Å². The molecule has 0 radical (unpaired) electrons. The van der Waals surface area contributed by atoms with Crippen molar-refractivity contribution in [1.29, 1.82) is 0 Å². The predicted octanol–water partition coefficient (Wildman–Crippen LogP) is 10.2. The van der Waals surface area contributed by atoms with Crippen molar-refractivity contribution < 1.29 is 31.5 Å². The topological polar surface area (TPSA) is 137 Å². The van der Waals surface area contributed by atoms with Gasteiger partial charge in [0.25, 0.3) is 0 Å². The Kier molecular flexibility index (Phi) is 10.4. The first-order valence-electron chi connectivity index (χ1n) is 17.0. The second-order valence-corrected chi connectivity index (χ2v) is 12.3. The molecule has 0 aliphatic carbocycles. The van der Waals surface area contributed by atoms with E-state index in [1.54, 1.807) is 66.7 Å². The molecule has 0 amide bonds. The number of anilines is 4. The third-order valence-corrected chi connectivity index (χ3v) is 8.26. The van der Waals surface area contributed by atoms with Gasteiger partial charge in [0, 0.05) is 22.5 Å². The van der Waals surface area contributed by atoms with Crippen LogP contribution in [-0.2, 0) is 6.18 Å². The van der Waals surface area contributed by atoms with Crippen LogP contribution >= 0.6 is 0 Å². The first-order chi connectivity index (χ1) is 27.0. The summed E-state index contributed by atoms with van der Waals surface area (Å²) in [5.41, 5.74) is 1.76. The molecule has 0 saturated heterocycles. The highest BCUT2D eigenvalue weighted by Gasteiger charge is 2.31. The van der Waals surface area contributed by atoms with Crippen LogP contribution in [0.25, 0.3) is 21.8 Å². The van der Waals surface area contributed by atoms with Crippen molar-refractivity contribution in [1.82, 2.24) is 9.97 Å². The fourth-order valence-electron chi connectivity index (χ4n) is 5.48. The maximum atomic E-state index is 12.9. The van der Waals surface area contributed by atoms with Crippen LogP contribution in [0.5, 0.6) is 11.5 Å². The van der Waals surface area contributed by atoms with Gasteiger partial charge in [-0.25, -0.2) is 9.59 Å². The lowest BCUT2D eigenvalue weighted by Crippen LogP contribution is -2.08. The van der Waals surface area contributed by atoms with Crippen molar-refractivity contribution in [2.75, 3.05) is 10.6 Å². The number of hydrogen-bond donors (Lipinski definition) is 2. The van der Waals surface area contributed by atoms with Crippen molar-refractivity contribution in [2.24, 2.45) is 0 Å². The highest BCUT2D eigenvalue weighted by molar-refractivity contribution is 6.09. The average Bonchev–Trinajstić information content (AvgIpc) is 3.19. The number of hydrogen-bond acceptors (Lipinski definition) is 10. The molecule has 2 heterocycles. The number of carbonyl (C=O) groups is 1. The molecule has 0 atom stereocenters. The third kappa shape index (κ3) is 8.80. The molecule has 8 aromatic rings. The number of aromatic nitrogens is 2. The van der Waals surface area contributed by atoms with Crippen molar-refractivity contribution in [2.45, 2.75) is 13.1 Å². The molecular weight excluding hydrogens is 725 g/mol. The molecule has 13 heteroatoms. The fraction of sp³-hybridized carbons (Fsp3) is 0.0465. The van der Waals surface area contributed by atoms with Gasteiger partial charge in [0.05, 0.1) is 27.4 Å². The monoisotopic (exact) mass is 754 g/mol. The number of nitrogens with one attached hydrogen (secondary N) is 2. The van der Waals surface area contributed by atoms with Crippen LogP contribution in [0.4, 0.5) is 36.6 Å². The predicted molar refractivity (Wildman–Crippen MR) is 206 cm³/mol. The molecule has 2 aromatic heterocycles. The molecule has 0 unspecified atom stereocenters. The van der Waals surface area contributed by atoms with E-state index in [1.807, 2.05) is 67.6 Å². The number of fused-ring (bicyclic) bond motifs is 2. The van der Waals surface area contributed by atoms with E-state index in [1.165, 1.54) is 0 Å². The number of nitrogens with zero attached hydrogens (tertiary/aromatic N) is 2. The van der Waals surface area contributed by atoms with Crippen LogP contribution in [0, 0.1) is 6.92 Å². The Morgan fingerprint density at radius 3 is 1.64 bits per heavy atom. The molecule has 0 aliphatic heterocycles. The lowest BCUT2D eigenvalue weighted by molar-refractivity contribution is -0.137. The van der Waals surface area contributed by atoms with Crippen LogP contribution < -0.4 is 26.6 Å². The number of rotatable bonds is 8. The number of halogens is 3. The van der Waals surface area contributed by atoms with Gasteiger partial charge >= 0.3 is 29.5 Å². The summed E-state index contributed by atoms with van der Waals surface area (Å²) in [6.07, 6.45) is -4.53. The largest absolute Gasteiger partial charge is 0.457 e. The summed E-state index contributed by atoms with van der Waals surface area (Å²) in [4.78, 5) is 45.0. The number of para-hydroxylation sites is 1. The van der Waals surface area contributed by atoms with Crippen LogP contribution in [0.15, 0.2) is 164 Å². The Balaban J connectivity index is 0.000000172. The highest BCUT2D eigenvalue weighted by Crippen LogP contribution is 2.31. The number of alkyl halides is 3. The minimum absolute atomic E-state index is 0.0323. The van der Waals surface area contributed by atoms with E-state index in [-0.39, 0.29) is 28.7 Å². The van der Waals surface area contributed by atoms with Crippen molar-refractivity contribution >= 4 is 51.0 Å². The summed E-state index contributed by atoms with van der Waals surface area (Å²) in [6, 6.07) is 39.9. The Bertz CT molecular complexity index is 2770. The van der Waals surface area contributed by atoms with Gasteiger partial charge in [0.2, 0.25) is 0 Å². The zero-order valence-corrected chi connectivity index (χ0v) is 29.3. The Hall–Kier alpha value is -7.54. The van der Waals surface area contributed by atoms with E-state index in [9.17, 15) is 27.6 Å². The minimum Gasteiger partial charge on any atom is -0.457 e. The lowest BCUT2D eigenvalue weighted by atomic mass is 10.0. The molecule has 0 bridgehead atoms. The summed E-state index contributed by atoms with van der Waals surface area (Å²) < 4.78 is 54.7. The molecular formula is C43H29F3N4O6. The maximum Gasteiger partial charge on any atom is 0.416 e. The highest BCUT2D eigenvalue weighted by atomic mass is 19.4. The molecule has 0 spiro atoms. The van der Waals surface area contributed by atoms with Crippen LogP contribution in [0.3, 0.4) is 0 Å². The minimum atomic E-state index is -4.53. The third-order valence-electron chi connectivity index (χ3n) is 8.26. The van der Waals surface area contributed by atoms with Gasteiger partial charge in [-0.2, -0.15) is 23.1 Å². The van der Waals surface area contributed by atoms with E-state index in [0.29, 0.717) is 44.9 Å². The Morgan fingerprint density at radius 1 is 0.589 bits per heavy atom. The summed E-state index contributed by atoms with van der Waals surface area (Å²) in [5, 5.41) is 6.15. The van der Waals surface area contributed by atoms with Gasteiger partial charge in [-0.15, -0.1) is 0 Å². The normalized spacial score (nSPS) is 11.1. The van der Waals surface area contributed by atoms with E-state index in [4.69, 9.17) is 13.6 Å². The van der Waals surface area contributed by atoms with E-state index >= 15 is 0 Å². The number of carbonyl (C=O) groups excluding carboxylic acids is 1. The average molecular weight is 755 g/mol. The number of ether oxygens (including phenoxy) is 1. The molecule has 56 heavy (non-hydrogen) atoms. The number of ketones is 1. The lowest BCUT2D eigenvalue weighted by Gasteiger charge is -2.09. The number of benzene rings is 6. The Labute approximate surface area is 315 Å². The quantitative estimate of drug-likeness (QED) is 0.144. The zero-order valence-electron chi connectivity index (χ0n) is 29.3. The van der Waals surface area contributed by atoms with Gasteiger partial charge in [0.15, 0.2) is 5.78 Å². The molecule has 10 nitrogen and oxygen atoms in total. The molecule has 2 N–H and O–H groups in total. The number of aryl methyl sites for hydroxylation is 1. The molecule has 278 valence electrons. The molecule has 0 aliphatic rings. The van der Waals surface area contributed by atoms with Crippen LogP contribution in [0.1, 0.15) is 27.0 Å². The van der Waals surface area contributed by atoms with E-state index in [2.05, 4.69) is 20.6 Å². The Morgan fingerprint density at radius 2 is 1.07 bits per heavy atom. The SMILES string of the molecule is Cc1ccc2c(=O)oc(Nc3ccc(C(=O)c4ccccc4)cc3)nc2c1.O=c1oc(Nc2ccc(Oc3ccccc3)cc2)nc2cc(C(F)(F)F)ccc12. The van der Waals surface area contributed by atoms with Crippen molar-refractivity contribution in [3.05, 3.63) is 189 Å². The first-order valence-corrected chi connectivity index (χ1v) is 17.0. The molecule has 0 fully saturated rings. The summed E-state index contributed by atoms with van der Waals surface area (Å²) in [6.45, 7) is 1.94. The van der Waals surface area contributed by atoms with Crippen LogP contribution in [0.2, 0.25) is 0 Å². The van der Waals surface area contributed by atoms with Gasteiger partial charge in [-0.1, -0.05) is 54.6 Å². The first kappa shape index (κ1) is 36.8. The van der Waals surface area contributed by atoms with Gasteiger partial charge in [-0.3, -0.25) is 4.79 Å². The van der Waals surface area contributed by atoms with Gasteiger partial charge in [-0.05, 0) is 103 Å². The summed E-state index contributed by atoms with van der Waals surface area (Å²) >= 11 is 0. The second-order valence-electron chi connectivity index (χ2n) is 12.3. The van der Waals surface area contributed by atoms with Crippen molar-refractivity contribution in [3.63, 3.8) is 0 Å².